The number of nitrogens with two attached hydrogens (primary N) is 1. The van der Waals surface area contributed by atoms with E-state index >= 15 is 0 Å². The SMILES string of the molecule is CN(C)CCOc1ccccc1-c1ccc2nc(N)nc(C(=O)N3Cc4ccccc4C3)c2c1. The molecule has 1 aliphatic rings. The first kappa shape index (κ1) is 21.9. The number of aromatic nitrogens is 2. The lowest BCUT2D eigenvalue weighted by Gasteiger charge is -2.17. The Labute approximate surface area is 198 Å². The second kappa shape index (κ2) is 9.11. The van der Waals surface area contributed by atoms with Crippen LogP contribution >= 0.6 is 0 Å². The monoisotopic (exact) mass is 453 g/mol. The van der Waals surface area contributed by atoms with Crippen molar-refractivity contribution in [2.75, 3.05) is 33.0 Å². The molecule has 0 saturated carbocycles. The summed E-state index contributed by atoms with van der Waals surface area (Å²) in [5.41, 5.74) is 11.1. The lowest BCUT2D eigenvalue weighted by atomic mass is 10.0. The molecule has 2 heterocycles. The summed E-state index contributed by atoms with van der Waals surface area (Å²) in [6.07, 6.45) is 0. The van der Waals surface area contributed by atoms with Gasteiger partial charge in [0.05, 0.1) is 5.52 Å². The number of para-hydroxylation sites is 1. The summed E-state index contributed by atoms with van der Waals surface area (Å²) in [7, 11) is 4.03. The molecule has 34 heavy (non-hydrogen) atoms. The average molecular weight is 454 g/mol. The fourth-order valence-electron chi connectivity index (χ4n) is 4.27. The van der Waals surface area contributed by atoms with Crippen LogP contribution in [-0.2, 0) is 13.1 Å². The Hall–Kier alpha value is -3.97. The van der Waals surface area contributed by atoms with Crippen LogP contribution in [0.2, 0.25) is 0 Å². The molecular formula is C27H27N5O2. The van der Waals surface area contributed by atoms with E-state index in [0.29, 0.717) is 36.3 Å². The number of benzene rings is 3. The van der Waals surface area contributed by atoms with Crippen molar-refractivity contribution >= 4 is 22.8 Å². The quantitative estimate of drug-likeness (QED) is 0.475. The zero-order valence-corrected chi connectivity index (χ0v) is 19.4. The normalized spacial score (nSPS) is 12.9. The van der Waals surface area contributed by atoms with E-state index in [9.17, 15) is 4.79 Å². The molecular weight excluding hydrogens is 426 g/mol. The number of anilines is 1. The Kier molecular flexibility index (Phi) is 5.86. The van der Waals surface area contributed by atoms with Crippen LogP contribution in [0.15, 0.2) is 66.7 Å². The number of hydrogen-bond acceptors (Lipinski definition) is 6. The van der Waals surface area contributed by atoms with Crippen LogP contribution in [-0.4, -0.2) is 52.9 Å². The molecule has 0 atom stereocenters. The van der Waals surface area contributed by atoms with E-state index < -0.39 is 0 Å². The molecule has 0 fully saturated rings. The highest BCUT2D eigenvalue weighted by atomic mass is 16.5. The number of fused-ring (bicyclic) bond motifs is 2. The maximum Gasteiger partial charge on any atom is 0.273 e. The van der Waals surface area contributed by atoms with Gasteiger partial charge < -0.3 is 20.3 Å². The van der Waals surface area contributed by atoms with Crippen LogP contribution in [0, 0.1) is 0 Å². The van der Waals surface area contributed by atoms with Gasteiger partial charge in [-0.2, -0.15) is 0 Å². The zero-order valence-electron chi connectivity index (χ0n) is 19.4. The molecule has 5 rings (SSSR count). The number of hydrogen-bond donors (Lipinski definition) is 1. The van der Waals surface area contributed by atoms with Gasteiger partial charge in [-0.3, -0.25) is 4.79 Å². The molecule has 0 spiro atoms. The number of carbonyl (C=O) groups is 1. The predicted octanol–water partition coefficient (Wildman–Crippen LogP) is 3.98. The molecule has 0 bridgehead atoms. The van der Waals surface area contributed by atoms with Crippen LogP contribution in [0.5, 0.6) is 5.75 Å². The van der Waals surface area contributed by atoms with E-state index in [1.54, 1.807) is 4.90 Å². The Morgan fingerprint density at radius 2 is 1.71 bits per heavy atom. The van der Waals surface area contributed by atoms with Gasteiger partial charge in [0.15, 0.2) is 0 Å². The van der Waals surface area contributed by atoms with Crippen LogP contribution in [0.3, 0.4) is 0 Å². The van der Waals surface area contributed by atoms with E-state index in [4.69, 9.17) is 10.5 Å². The van der Waals surface area contributed by atoms with E-state index in [0.717, 1.165) is 34.5 Å². The Bertz CT molecular complexity index is 1340. The van der Waals surface area contributed by atoms with Gasteiger partial charge in [-0.25, -0.2) is 9.97 Å². The van der Waals surface area contributed by atoms with Gasteiger partial charge in [-0.05, 0) is 49.0 Å². The molecule has 1 aliphatic heterocycles. The van der Waals surface area contributed by atoms with Crippen molar-refractivity contribution in [1.82, 2.24) is 19.8 Å². The van der Waals surface area contributed by atoms with Crippen LogP contribution in [0.25, 0.3) is 22.0 Å². The smallest absolute Gasteiger partial charge is 0.273 e. The minimum Gasteiger partial charge on any atom is -0.492 e. The molecule has 1 aromatic heterocycles. The number of nitrogens with zero attached hydrogens (tertiary/aromatic N) is 4. The highest BCUT2D eigenvalue weighted by Gasteiger charge is 2.27. The molecule has 2 N–H and O–H groups in total. The summed E-state index contributed by atoms with van der Waals surface area (Å²) < 4.78 is 6.06. The first-order valence-electron chi connectivity index (χ1n) is 11.3. The number of amides is 1. The first-order valence-corrected chi connectivity index (χ1v) is 11.3. The Balaban J connectivity index is 1.52. The molecule has 0 radical (unpaired) electrons. The van der Waals surface area contributed by atoms with Crippen molar-refractivity contribution in [3.63, 3.8) is 0 Å². The molecule has 0 saturated heterocycles. The molecule has 0 aliphatic carbocycles. The summed E-state index contributed by atoms with van der Waals surface area (Å²) in [5, 5.41) is 0.677. The maximum atomic E-state index is 13.6. The van der Waals surface area contributed by atoms with Gasteiger partial charge >= 0.3 is 0 Å². The third kappa shape index (κ3) is 4.30. The third-order valence-corrected chi connectivity index (χ3v) is 6.04. The lowest BCUT2D eigenvalue weighted by molar-refractivity contribution is 0.0747. The topological polar surface area (TPSA) is 84.6 Å². The third-order valence-electron chi connectivity index (χ3n) is 6.04. The maximum absolute atomic E-state index is 13.6. The van der Waals surface area contributed by atoms with E-state index in [-0.39, 0.29) is 11.9 Å². The summed E-state index contributed by atoms with van der Waals surface area (Å²) in [6, 6.07) is 21.8. The Morgan fingerprint density at radius 1 is 1.00 bits per heavy atom. The molecule has 7 heteroatoms. The second-order valence-corrected chi connectivity index (χ2v) is 8.74. The van der Waals surface area contributed by atoms with E-state index in [1.807, 2.05) is 68.7 Å². The molecule has 4 aromatic rings. The van der Waals surface area contributed by atoms with Crippen molar-refractivity contribution in [2.45, 2.75) is 13.1 Å². The second-order valence-electron chi connectivity index (χ2n) is 8.74. The minimum absolute atomic E-state index is 0.0905. The van der Waals surface area contributed by atoms with Crippen LogP contribution in [0.1, 0.15) is 21.6 Å². The summed E-state index contributed by atoms with van der Waals surface area (Å²) >= 11 is 0. The standard InChI is InChI=1S/C27H27N5O2/c1-31(2)13-14-34-24-10-6-5-9-21(24)18-11-12-23-22(15-18)25(30-27(28)29-23)26(33)32-16-19-7-3-4-8-20(19)17-32/h3-12,15H,13-14,16-17H2,1-2H3,(H2,28,29,30). The molecule has 1 amide bonds. The summed E-state index contributed by atoms with van der Waals surface area (Å²) in [5.74, 6) is 0.735. The highest BCUT2D eigenvalue weighted by molar-refractivity contribution is 6.06. The fourth-order valence-corrected chi connectivity index (χ4v) is 4.27. The van der Waals surface area contributed by atoms with E-state index in [1.165, 1.54) is 0 Å². The highest BCUT2D eigenvalue weighted by Crippen LogP contribution is 2.33. The summed E-state index contributed by atoms with van der Waals surface area (Å²) in [4.78, 5) is 26.2. The number of likely N-dealkylation sites (N-methyl/N-ethyl adjacent to an activating group) is 1. The van der Waals surface area contributed by atoms with Gasteiger partial charge in [0.25, 0.3) is 5.91 Å². The van der Waals surface area contributed by atoms with Crippen molar-refractivity contribution in [1.29, 1.82) is 0 Å². The van der Waals surface area contributed by atoms with E-state index in [2.05, 4.69) is 27.0 Å². The fraction of sp³-hybridized carbons (Fsp3) is 0.222. The number of rotatable bonds is 6. The van der Waals surface area contributed by atoms with Gasteiger partial charge in [0, 0.05) is 30.6 Å². The largest absolute Gasteiger partial charge is 0.492 e. The molecule has 7 nitrogen and oxygen atoms in total. The number of nitrogen functional groups attached to an aromatic ring is 1. The van der Waals surface area contributed by atoms with Crippen LogP contribution in [0.4, 0.5) is 5.95 Å². The number of ether oxygens (including phenoxy) is 1. The van der Waals surface area contributed by atoms with Gasteiger partial charge in [0.1, 0.15) is 18.1 Å². The average Bonchev–Trinajstić information content (AvgIpc) is 3.27. The minimum atomic E-state index is -0.150. The van der Waals surface area contributed by atoms with Crippen molar-refractivity contribution in [3.05, 3.63) is 83.6 Å². The zero-order chi connectivity index (χ0) is 23.7. The van der Waals surface area contributed by atoms with Crippen LogP contribution < -0.4 is 10.5 Å². The van der Waals surface area contributed by atoms with Gasteiger partial charge in [-0.15, -0.1) is 0 Å². The predicted molar refractivity (Wildman–Crippen MR) is 133 cm³/mol. The van der Waals surface area contributed by atoms with Gasteiger partial charge in [-0.1, -0.05) is 48.5 Å². The number of carbonyl (C=O) groups excluding carboxylic acids is 1. The summed E-state index contributed by atoms with van der Waals surface area (Å²) in [6.45, 7) is 2.51. The van der Waals surface area contributed by atoms with Crippen molar-refractivity contribution < 1.29 is 9.53 Å². The van der Waals surface area contributed by atoms with Gasteiger partial charge in [0.2, 0.25) is 5.95 Å². The molecule has 3 aromatic carbocycles. The Morgan fingerprint density at radius 3 is 2.44 bits per heavy atom. The van der Waals surface area contributed by atoms with Crippen molar-refractivity contribution in [2.24, 2.45) is 0 Å². The molecule has 0 unspecified atom stereocenters. The molecule has 172 valence electrons. The lowest BCUT2D eigenvalue weighted by Crippen LogP contribution is -2.27. The van der Waals surface area contributed by atoms with Crippen molar-refractivity contribution in [3.8, 4) is 16.9 Å². The first-order chi connectivity index (χ1) is 16.5.